The van der Waals surface area contributed by atoms with Crippen molar-refractivity contribution in [3.05, 3.63) is 170 Å². The van der Waals surface area contributed by atoms with E-state index < -0.39 is 0 Å². The van der Waals surface area contributed by atoms with Gasteiger partial charge in [0.1, 0.15) is 16.7 Å². The third-order valence-corrected chi connectivity index (χ3v) is 9.45. The van der Waals surface area contributed by atoms with Crippen LogP contribution in [0.5, 0.6) is 0 Å². The molecule has 0 fully saturated rings. The molecule has 10 rings (SSSR count). The number of hydrogen-bond acceptors (Lipinski definition) is 4. The summed E-state index contributed by atoms with van der Waals surface area (Å²) in [5.41, 5.74) is 9.82. The topological polar surface area (TPSA) is 42.4 Å². The van der Waals surface area contributed by atoms with Crippen LogP contribution in [0.2, 0.25) is 0 Å². The molecule has 0 bridgehead atoms. The number of aromatic nitrogens is 1. The highest BCUT2D eigenvalue weighted by Gasteiger charge is 2.19. The molecule has 4 heteroatoms. The summed E-state index contributed by atoms with van der Waals surface area (Å²) in [6.07, 6.45) is 0. The van der Waals surface area contributed by atoms with Crippen molar-refractivity contribution in [3.8, 4) is 22.6 Å². The highest BCUT2D eigenvalue weighted by Crippen LogP contribution is 2.42. The summed E-state index contributed by atoms with van der Waals surface area (Å²) in [4.78, 5) is 7.23. The van der Waals surface area contributed by atoms with Crippen LogP contribution in [-0.4, -0.2) is 4.98 Å². The molecule has 2 aromatic heterocycles. The van der Waals surface area contributed by atoms with Gasteiger partial charge >= 0.3 is 0 Å². The Morgan fingerprint density at radius 1 is 0.408 bits per heavy atom. The van der Waals surface area contributed by atoms with Gasteiger partial charge in [0.05, 0.1) is 0 Å². The number of anilines is 3. The van der Waals surface area contributed by atoms with Gasteiger partial charge in [-0.2, -0.15) is 0 Å². The van der Waals surface area contributed by atoms with E-state index in [1.165, 1.54) is 5.56 Å². The van der Waals surface area contributed by atoms with Crippen LogP contribution >= 0.6 is 0 Å². The summed E-state index contributed by atoms with van der Waals surface area (Å²) >= 11 is 0. The lowest BCUT2D eigenvalue weighted by molar-refractivity contribution is 0.623. The van der Waals surface area contributed by atoms with Crippen molar-refractivity contribution in [2.45, 2.75) is 0 Å². The van der Waals surface area contributed by atoms with Crippen LogP contribution in [0.15, 0.2) is 179 Å². The van der Waals surface area contributed by atoms with Gasteiger partial charge < -0.3 is 13.7 Å². The Kier molecular flexibility index (Phi) is 6.15. The second kappa shape index (κ2) is 11.0. The summed E-state index contributed by atoms with van der Waals surface area (Å²) < 4.78 is 12.8. The Bertz CT molecular complexity index is 2830. The minimum Gasteiger partial charge on any atom is -0.456 e. The fourth-order valence-corrected chi connectivity index (χ4v) is 7.11. The largest absolute Gasteiger partial charge is 0.456 e. The number of fused-ring (bicyclic) bond motifs is 8. The molecular weight excluding hydrogens is 601 g/mol. The molecule has 0 aliphatic rings. The van der Waals surface area contributed by atoms with Crippen molar-refractivity contribution in [2.24, 2.45) is 0 Å². The first kappa shape index (κ1) is 27.5. The smallest absolute Gasteiger partial charge is 0.227 e. The third-order valence-electron chi connectivity index (χ3n) is 9.45. The number of benzene rings is 8. The molecule has 0 saturated heterocycles. The highest BCUT2D eigenvalue weighted by molar-refractivity contribution is 6.19. The Balaban J connectivity index is 1.22. The molecule has 0 atom stereocenters. The average Bonchev–Trinajstić information content (AvgIpc) is 3.78. The van der Waals surface area contributed by atoms with Crippen molar-refractivity contribution >= 4 is 71.6 Å². The maximum Gasteiger partial charge on any atom is 0.227 e. The quantitative estimate of drug-likeness (QED) is 0.178. The molecule has 4 nitrogen and oxygen atoms in total. The normalized spacial score (nSPS) is 11.7. The summed E-state index contributed by atoms with van der Waals surface area (Å²) in [6.45, 7) is 0. The Hall–Kier alpha value is -6.65. The van der Waals surface area contributed by atoms with Crippen LogP contribution in [-0.2, 0) is 0 Å². The van der Waals surface area contributed by atoms with Gasteiger partial charge in [0.15, 0.2) is 5.58 Å². The lowest BCUT2D eigenvalue weighted by Gasteiger charge is -2.26. The van der Waals surface area contributed by atoms with Crippen molar-refractivity contribution in [1.29, 1.82) is 0 Å². The van der Waals surface area contributed by atoms with E-state index in [1.807, 2.05) is 42.5 Å². The predicted molar refractivity (Wildman–Crippen MR) is 202 cm³/mol. The first-order valence-corrected chi connectivity index (χ1v) is 16.5. The molecule has 0 radical (unpaired) electrons. The fraction of sp³-hybridized carbons (Fsp3) is 0. The second-order valence-corrected chi connectivity index (χ2v) is 12.4. The van der Waals surface area contributed by atoms with Crippen molar-refractivity contribution in [2.75, 3.05) is 4.90 Å². The van der Waals surface area contributed by atoms with E-state index in [4.69, 9.17) is 13.8 Å². The molecular formula is C45H28N2O2. The molecule has 0 spiro atoms. The van der Waals surface area contributed by atoms with E-state index in [1.54, 1.807) is 0 Å². The van der Waals surface area contributed by atoms with Gasteiger partial charge in [-0.3, -0.25) is 0 Å². The zero-order valence-electron chi connectivity index (χ0n) is 26.4. The zero-order chi connectivity index (χ0) is 32.3. The molecule has 49 heavy (non-hydrogen) atoms. The van der Waals surface area contributed by atoms with Gasteiger partial charge in [-0.25, -0.2) is 4.98 Å². The number of para-hydroxylation sites is 1. The average molecular weight is 629 g/mol. The van der Waals surface area contributed by atoms with Gasteiger partial charge in [0, 0.05) is 38.8 Å². The molecule has 0 aliphatic carbocycles. The molecule has 0 aliphatic heterocycles. The van der Waals surface area contributed by atoms with Crippen LogP contribution < -0.4 is 4.90 Å². The van der Waals surface area contributed by atoms with Crippen LogP contribution in [0.1, 0.15) is 0 Å². The van der Waals surface area contributed by atoms with E-state index in [0.29, 0.717) is 5.89 Å². The first-order valence-electron chi connectivity index (χ1n) is 16.5. The highest BCUT2D eigenvalue weighted by atomic mass is 16.3. The number of rotatable bonds is 5. The molecule has 2 heterocycles. The van der Waals surface area contributed by atoms with Gasteiger partial charge in [0.2, 0.25) is 5.89 Å². The molecule has 0 saturated carbocycles. The molecule has 0 N–H and O–H groups in total. The monoisotopic (exact) mass is 628 g/mol. The Morgan fingerprint density at radius 3 is 1.90 bits per heavy atom. The minimum absolute atomic E-state index is 0.622. The summed E-state index contributed by atoms with van der Waals surface area (Å²) in [5, 5.41) is 6.59. The maximum atomic E-state index is 6.55. The number of furan rings is 1. The summed E-state index contributed by atoms with van der Waals surface area (Å²) in [7, 11) is 0. The Morgan fingerprint density at radius 2 is 1.04 bits per heavy atom. The second-order valence-electron chi connectivity index (χ2n) is 12.4. The molecule has 10 aromatic rings. The third kappa shape index (κ3) is 4.57. The van der Waals surface area contributed by atoms with Gasteiger partial charge in [0.25, 0.3) is 0 Å². The standard InChI is InChI=1S/C45H28N2O2/c1-3-10-29(11-4-1)33-14-9-15-34(26-33)47(36-23-25-42-39(28-36)37-16-7-8-17-41(37)48-42)35-22-20-30-18-19-31-21-24-40-44(43(31)38(30)27-35)49-45(46-40)32-12-5-2-6-13-32/h1-28H. The fourth-order valence-electron chi connectivity index (χ4n) is 7.11. The van der Waals surface area contributed by atoms with E-state index in [-0.39, 0.29) is 0 Å². The van der Waals surface area contributed by atoms with Gasteiger partial charge in [-0.15, -0.1) is 0 Å². The van der Waals surface area contributed by atoms with Crippen LogP contribution in [0.3, 0.4) is 0 Å². The molecule has 0 amide bonds. The van der Waals surface area contributed by atoms with Crippen molar-refractivity contribution < 1.29 is 8.83 Å². The van der Waals surface area contributed by atoms with Crippen LogP contribution in [0.4, 0.5) is 17.1 Å². The molecule has 8 aromatic carbocycles. The number of hydrogen-bond donors (Lipinski definition) is 0. The van der Waals surface area contributed by atoms with Gasteiger partial charge in [-0.05, 0) is 94.0 Å². The minimum atomic E-state index is 0.622. The Labute approximate surface area is 282 Å². The molecule has 0 unspecified atom stereocenters. The first-order chi connectivity index (χ1) is 24.3. The summed E-state index contributed by atoms with van der Waals surface area (Å²) in [6, 6.07) is 59.3. The van der Waals surface area contributed by atoms with E-state index in [2.05, 4.69) is 132 Å². The van der Waals surface area contributed by atoms with Crippen LogP contribution in [0.25, 0.3) is 77.2 Å². The van der Waals surface area contributed by atoms with Crippen molar-refractivity contribution in [3.63, 3.8) is 0 Å². The number of nitrogens with zero attached hydrogens (tertiary/aromatic N) is 2. The molecule has 230 valence electrons. The van der Waals surface area contributed by atoms with E-state index in [9.17, 15) is 0 Å². The lowest BCUT2D eigenvalue weighted by Crippen LogP contribution is -2.10. The maximum absolute atomic E-state index is 6.55. The van der Waals surface area contributed by atoms with E-state index in [0.717, 1.165) is 82.8 Å². The van der Waals surface area contributed by atoms with Crippen LogP contribution in [0, 0.1) is 0 Å². The summed E-state index contributed by atoms with van der Waals surface area (Å²) in [5.74, 6) is 0.622. The number of oxazole rings is 1. The van der Waals surface area contributed by atoms with Gasteiger partial charge in [-0.1, -0.05) is 103 Å². The zero-order valence-corrected chi connectivity index (χ0v) is 26.4. The SMILES string of the molecule is c1ccc(-c2cccc(N(c3ccc4oc5ccccc5c4c3)c3ccc4ccc5ccc6nc(-c7ccccc7)oc6c5c4c3)c2)cc1. The van der Waals surface area contributed by atoms with Crippen molar-refractivity contribution in [1.82, 2.24) is 4.98 Å². The lowest BCUT2D eigenvalue weighted by atomic mass is 9.99. The predicted octanol–water partition coefficient (Wildman–Crippen LogP) is 12.8. The van der Waals surface area contributed by atoms with E-state index >= 15 is 0 Å².